The molecule has 1 fully saturated rings. The first-order chi connectivity index (χ1) is 9.61. The van der Waals surface area contributed by atoms with Gasteiger partial charge in [-0.1, -0.05) is 12.1 Å². The molecule has 1 heterocycles. The Morgan fingerprint density at radius 3 is 2.90 bits per heavy atom. The van der Waals surface area contributed by atoms with Crippen molar-refractivity contribution in [2.75, 3.05) is 13.7 Å². The van der Waals surface area contributed by atoms with E-state index >= 15 is 0 Å². The summed E-state index contributed by atoms with van der Waals surface area (Å²) in [5.74, 6) is -0.629. The van der Waals surface area contributed by atoms with Crippen molar-refractivity contribution in [2.45, 2.75) is 18.9 Å². The van der Waals surface area contributed by atoms with E-state index in [4.69, 9.17) is 9.84 Å². The van der Waals surface area contributed by atoms with Gasteiger partial charge in [-0.15, -0.1) is 0 Å². The molecule has 20 heavy (non-hydrogen) atoms. The highest BCUT2D eigenvalue weighted by Crippen LogP contribution is 2.33. The van der Waals surface area contributed by atoms with Crippen molar-refractivity contribution in [3.8, 4) is 5.75 Å². The summed E-state index contributed by atoms with van der Waals surface area (Å²) in [5.41, 5.74) is 1.01. The number of carbonyl (C=O) groups excluding carboxylic acids is 1. The van der Waals surface area contributed by atoms with Crippen LogP contribution >= 0.6 is 0 Å². The molecule has 1 aromatic carbocycles. The van der Waals surface area contributed by atoms with Gasteiger partial charge in [0.15, 0.2) is 0 Å². The van der Waals surface area contributed by atoms with Crippen LogP contribution in [0.25, 0.3) is 0 Å². The van der Waals surface area contributed by atoms with Gasteiger partial charge in [-0.25, -0.2) is 4.79 Å². The van der Waals surface area contributed by atoms with Crippen LogP contribution in [-0.2, 0) is 9.59 Å². The molecule has 1 aliphatic rings. The van der Waals surface area contributed by atoms with E-state index in [9.17, 15) is 9.59 Å². The summed E-state index contributed by atoms with van der Waals surface area (Å²) in [5, 5.41) is 8.58. The van der Waals surface area contributed by atoms with Crippen molar-refractivity contribution in [1.29, 1.82) is 0 Å². The summed E-state index contributed by atoms with van der Waals surface area (Å²) in [4.78, 5) is 24.2. The van der Waals surface area contributed by atoms with Crippen LogP contribution in [0.15, 0.2) is 36.4 Å². The second-order valence-corrected chi connectivity index (χ2v) is 4.64. The maximum absolute atomic E-state index is 12.0. The highest BCUT2D eigenvalue weighted by atomic mass is 16.5. The van der Waals surface area contributed by atoms with E-state index in [0.717, 1.165) is 36.3 Å². The highest BCUT2D eigenvalue weighted by molar-refractivity contribution is 5.94. The average molecular weight is 275 g/mol. The first-order valence-electron chi connectivity index (χ1n) is 6.47. The molecule has 1 saturated heterocycles. The van der Waals surface area contributed by atoms with Gasteiger partial charge in [0, 0.05) is 18.7 Å². The topological polar surface area (TPSA) is 66.8 Å². The lowest BCUT2D eigenvalue weighted by atomic mass is 10.0. The highest BCUT2D eigenvalue weighted by Gasteiger charge is 2.28. The van der Waals surface area contributed by atoms with E-state index < -0.39 is 5.97 Å². The number of amides is 1. The van der Waals surface area contributed by atoms with Gasteiger partial charge in [0.25, 0.3) is 0 Å². The molecule has 1 aliphatic heterocycles. The van der Waals surface area contributed by atoms with Crippen molar-refractivity contribution in [3.63, 3.8) is 0 Å². The summed E-state index contributed by atoms with van der Waals surface area (Å²) < 4.78 is 5.19. The van der Waals surface area contributed by atoms with E-state index in [-0.39, 0.29) is 11.9 Å². The Hall–Kier alpha value is -2.30. The third kappa shape index (κ3) is 3.17. The Morgan fingerprint density at radius 1 is 1.40 bits per heavy atom. The molecule has 0 saturated carbocycles. The van der Waals surface area contributed by atoms with Crippen LogP contribution in [0, 0.1) is 0 Å². The van der Waals surface area contributed by atoms with Gasteiger partial charge >= 0.3 is 5.97 Å². The number of hydrogen-bond acceptors (Lipinski definition) is 3. The standard InChI is InChI=1S/C15H17NO4/c1-20-12-5-2-4-11(10-12)13-6-3-9-16(13)14(17)7-8-15(18)19/h2,4-5,7-8,10,13H,3,6,9H2,1H3,(H,18,19)/b8-7+. The van der Waals surface area contributed by atoms with Gasteiger partial charge in [-0.05, 0) is 30.5 Å². The lowest BCUT2D eigenvalue weighted by Gasteiger charge is -2.24. The molecule has 0 bridgehead atoms. The molecule has 0 aromatic heterocycles. The van der Waals surface area contributed by atoms with Gasteiger partial charge in [0.2, 0.25) is 5.91 Å². The number of rotatable bonds is 4. The molecule has 1 aromatic rings. The number of hydrogen-bond donors (Lipinski definition) is 1. The van der Waals surface area contributed by atoms with Crippen LogP contribution in [0.3, 0.4) is 0 Å². The Kier molecular flexibility index (Phi) is 4.40. The molecule has 106 valence electrons. The number of aliphatic carboxylic acids is 1. The second kappa shape index (κ2) is 6.23. The van der Waals surface area contributed by atoms with Crippen LogP contribution in [-0.4, -0.2) is 35.5 Å². The maximum Gasteiger partial charge on any atom is 0.328 e. The summed E-state index contributed by atoms with van der Waals surface area (Å²) >= 11 is 0. The van der Waals surface area contributed by atoms with Gasteiger partial charge in [-0.2, -0.15) is 0 Å². The van der Waals surface area contributed by atoms with E-state index in [1.807, 2.05) is 24.3 Å². The minimum Gasteiger partial charge on any atom is -0.497 e. The minimum absolute atomic E-state index is 0.0176. The molecule has 1 atom stereocenters. The van der Waals surface area contributed by atoms with E-state index in [1.165, 1.54) is 0 Å². The van der Waals surface area contributed by atoms with Crippen molar-refractivity contribution < 1.29 is 19.4 Å². The fourth-order valence-corrected chi connectivity index (χ4v) is 2.46. The number of likely N-dealkylation sites (tertiary alicyclic amines) is 1. The molecule has 5 heteroatoms. The first-order valence-corrected chi connectivity index (χ1v) is 6.47. The SMILES string of the molecule is COc1cccc(C2CCCN2C(=O)/C=C/C(=O)O)c1. The molecule has 0 aliphatic carbocycles. The third-order valence-electron chi connectivity index (χ3n) is 3.38. The zero-order chi connectivity index (χ0) is 14.5. The fraction of sp³-hybridized carbons (Fsp3) is 0.333. The van der Waals surface area contributed by atoms with Crippen LogP contribution in [0.2, 0.25) is 0 Å². The zero-order valence-corrected chi connectivity index (χ0v) is 11.3. The molecule has 0 radical (unpaired) electrons. The van der Waals surface area contributed by atoms with Gasteiger partial charge in [0.05, 0.1) is 13.2 Å². The van der Waals surface area contributed by atoms with Crippen LogP contribution in [0.5, 0.6) is 5.75 Å². The predicted molar refractivity (Wildman–Crippen MR) is 73.5 cm³/mol. The van der Waals surface area contributed by atoms with E-state index in [2.05, 4.69) is 0 Å². The fourth-order valence-electron chi connectivity index (χ4n) is 2.46. The van der Waals surface area contributed by atoms with Crippen molar-refractivity contribution in [3.05, 3.63) is 42.0 Å². The Labute approximate surface area is 117 Å². The van der Waals surface area contributed by atoms with Gasteiger partial charge in [0.1, 0.15) is 5.75 Å². The number of carboxylic acids is 1. The minimum atomic E-state index is -1.12. The number of methoxy groups -OCH3 is 1. The van der Waals surface area contributed by atoms with Crippen LogP contribution in [0.1, 0.15) is 24.4 Å². The monoisotopic (exact) mass is 275 g/mol. The summed E-state index contributed by atoms with van der Waals surface area (Å²) in [7, 11) is 1.60. The van der Waals surface area contributed by atoms with Crippen LogP contribution in [0.4, 0.5) is 0 Å². The molecule has 5 nitrogen and oxygen atoms in total. The Bertz CT molecular complexity index is 538. The molecular formula is C15H17NO4. The molecule has 2 rings (SSSR count). The van der Waals surface area contributed by atoms with Crippen LogP contribution < -0.4 is 4.74 Å². The number of carbonyl (C=O) groups is 2. The molecule has 1 unspecified atom stereocenters. The molecular weight excluding hydrogens is 258 g/mol. The number of benzene rings is 1. The van der Waals surface area contributed by atoms with Crippen molar-refractivity contribution in [2.24, 2.45) is 0 Å². The average Bonchev–Trinajstić information content (AvgIpc) is 2.94. The predicted octanol–water partition coefficient (Wildman–Crippen LogP) is 2.00. The van der Waals surface area contributed by atoms with Gasteiger partial charge < -0.3 is 14.7 Å². The van der Waals surface area contributed by atoms with Gasteiger partial charge in [-0.3, -0.25) is 4.79 Å². The smallest absolute Gasteiger partial charge is 0.328 e. The molecule has 1 N–H and O–H groups in total. The van der Waals surface area contributed by atoms with E-state index in [0.29, 0.717) is 6.54 Å². The largest absolute Gasteiger partial charge is 0.497 e. The Morgan fingerprint density at radius 2 is 2.20 bits per heavy atom. The maximum atomic E-state index is 12.0. The summed E-state index contributed by atoms with van der Waals surface area (Å²) in [6.07, 6.45) is 3.78. The lowest BCUT2D eigenvalue weighted by Crippen LogP contribution is -2.29. The molecule has 0 spiro atoms. The number of ether oxygens (including phenoxy) is 1. The second-order valence-electron chi connectivity index (χ2n) is 4.64. The summed E-state index contributed by atoms with van der Waals surface area (Å²) in [6, 6.07) is 7.60. The van der Waals surface area contributed by atoms with Crippen molar-refractivity contribution in [1.82, 2.24) is 4.90 Å². The first kappa shape index (κ1) is 14.1. The van der Waals surface area contributed by atoms with Crippen molar-refractivity contribution >= 4 is 11.9 Å². The zero-order valence-electron chi connectivity index (χ0n) is 11.3. The lowest BCUT2D eigenvalue weighted by molar-refractivity contribution is -0.132. The van der Waals surface area contributed by atoms with E-state index in [1.54, 1.807) is 12.0 Å². The number of nitrogens with zero attached hydrogens (tertiary/aromatic N) is 1. The number of carboxylic acid groups (broad SMARTS) is 1. The summed E-state index contributed by atoms with van der Waals surface area (Å²) in [6.45, 7) is 0.644. The molecule has 1 amide bonds. The Balaban J connectivity index is 2.18. The normalized spacial score (nSPS) is 18.4. The quantitative estimate of drug-likeness (QED) is 0.853. The third-order valence-corrected chi connectivity index (χ3v) is 3.38.